The Balaban J connectivity index is 2.43. The molecule has 9 nitrogen and oxygen atoms in total. The Morgan fingerprint density at radius 2 is 2.40 bits per heavy atom. The third-order valence-corrected chi connectivity index (χ3v) is 3.20. The number of aromatic nitrogens is 2. The maximum absolute atomic E-state index is 11.7. The van der Waals surface area contributed by atoms with E-state index in [9.17, 15) is 19.8 Å². The highest BCUT2D eigenvalue weighted by atomic mass is 16.6. The maximum Gasteiger partial charge on any atom is 0.330 e. The van der Waals surface area contributed by atoms with Gasteiger partial charge in [0.05, 0.1) is 19.9 Å². The van der Waals surface area contributed by atoms with E-state index in [1.165, 1.54) is 7.11 Å². The van der Waals surface area contributed by atoms with Gasteiger partial charge in [0.15, 0.2) is 0 Å². The van der Waals surface area contributed by atoms with Crippen LogP contribution in [0.1, 0.15) is 12.6 Å². The normalized spacial score (nSPS) is 29.1. The molecule has 1 saturated heterocycles. The molecule has 0 radical (unpaired) electrons. The van der Waals surface area contributed by atoms with Crippen LogP contribution in [0.5, 0.6) is 5.75 Å². The van der Waals surface area contributed by atoms with E-state index in [1.54, 1.807) is 6.07 Å². The van der Waals surface area contributed by atoms with Crippen LogP contribution in [0.15, 0.2) is 15.8 Å². The van der Waals surface area contributed by atoms with Gasteiger partial charge in [0.1, 0.15) is 18.4 Å². The summed E-state index contributed by atoms with van der Waals surface area (Å²) in [6.45, 7) is -0.712. The number of nitriles is 1. The highest BCUT2D eigenvalue weighted by Crippen LogP contribution is 2.35. The molecule has 0 bridgehead atoms. The number of H-pyrrole nitrogens is 1. The Kier molecular flexibility index (Phi) is 3.63. The maximum atomic E-state index is 11.7. The van der Waals surface area contributed by atoms with Crippen molar-refractivity contribution < 1.29 is 19.7 Å². The number of hydrogen-bond acceptors (Lipinski definition) is 7. The van der Waals surface area contributed by atoms with Gasteiger partial charge in [0.25, 0.3) is 5.56 Å². The standard InChI is InChI=1S/C11H13N3O6/c1-19-6-3-14(10(18)13-9(6)17)8-2-7(16)11(4-12,5-15)20-8/h3,7-8,15-16H,2,5H2,1H3,(H,13,17,18)/t7-,8+,11+/m0/s1. The van der Waals surface area contributed by atoms with Crippen molar-refractivity contribution in [2.45, 2.75) is 24.4 Å². The van der Waals surface area contributed by atoms with E-state index in [2.05, 4.69) is 0 Å². The number of aromatic amines is 1. The summed E-state index contributed by atoms with van der Waals surface area (Å²) in [6.07, 6.45) is -1.20. The van der Waals surface area contributed by atoms with Crippen molar-refractivity contribution in [3.8, 4) is 11.8 Å². The Morgan fingerprint density at radius 3 is 2.90 bits per heavy atom. The molecule has 9 heteroatoms. The van der Waals surface area contributed by atoms with E-state index in [-0.39, 0.29) is 12.2 Å². The van der Waals surface area contributed by atoms with Gasteiger partial charge in [0, 0.05) is 6.42 Å². The van der Waals surface area contributed by atoms with E-state index in [0.717, 1.165) is 10.8 Å². The minimum Gasteiger partial charge on any atom is -0.490 e. The fraction of sp³-hybridized carbons (Fsp3) is 0.545. The van der Waals surface area contributed by atoms with Crippen molar-refractivity contribution >= 4 is 0 Å². The average Bonchev–Trinajstić information content (AvgIpc) is 2.76. The fourth-order valence-electron chi connectivity index (χ4n) is 2.03. The lowest BCUT2D eigenvalue weighted by Crippen LogP contribution is -2.41. The highest BCUT2D eigenvalue weighted by molar-refractivity contribution is 5.14. The van der Waals surface area contributed by atoms with Gasteiger partial charge >= 0.3 is 5.69 Å². The van der Waals surface area contributed by atoms with E-state index in [4.69, 9.17) is 14.7 Å². The molecule has 20 heavy (non-hydrogen) atoms. The van der Waals surface area contributed by atoms with Crippen LogP contribution in [-0.4, -0.2) is 45.2 Å². The summed E-state index contributed by atoms with van der Waals surface area (Å²) in [7, 11) is 1.26. The molecule has 2 heterocycles. The molecule has 1 aliphatic rings. The summed E-state index contributed by atoms with van der Waals surface area (Å²) in [4.78, 5) is 25.1. The van der Waals surface area contributed by atoms with Gasteiger partial charge in [-0.15, -0.1) is 0 Å². The molecular weight excluding hydrogens is 270 g/mol. The fourth-order valence-corrected chi connectivity index (χ4v) is 2.03. The zero-order chi connectivity index (χ0) is 14.9. The minimum absolute atomic E-state index is 0.0801. The summed E-state index contributed by atoms with van der Waals surface area (Å²) >= 11 is 0. The molecule has 0 unspecified atom stereocenters. The number of nitrogens with zero attached hydrogens (tertiary/aromatic N) is 2. The summed E-state index contributed by atoms with van der Waals surface area (Å²) in [6, 6.07) is 1.70. The summed E-state index contributed by atoms with van der Waals surface area (Å²) < 4.78 is 11.1. The molecule has 0 aromatic carbocycles. The number of ether oxygens (including phenoxy) is 2. The number of rotatable bonds is 3. The molecule has 1 aromatic rings. The molecule has 0 spiro atoms. The van der Waals surface area contributed by atoms with Crippen LogP contribution in [0.3, 0.4) is 0 Å². The van der Waals surface area contributed by atoms with Gasteiger partial charge in [-0.1, -0.05) is 0 Å². The van der Waals surface area contributed by atoms with Crippen LogP contribution in [0.25, 0.3) is 0 Å². The van der Waals surface area contributed by atoms with Crippen molar-refractivity contribution in [2.24, 2.45) is 0 Å². The van der Waals surface area contributed by atoms with E-state index >= 15 is 0 Å². The quantitative estimate of drug-likeness (QED) is 0.587. The lowest BCUT2D eigenvalue weighted by atomic mass is 10.00. The molecule has 2 rings (SSSR count). The lowest BCUT2D eigenvalue weighted by Gasteiger charge is -2.21. The predicted octanol–water partition coefficient (Wildman–Crippen LogP) is -1.92. The number of hydrogen-bond donors (Lipinski definition) is 3. The average molecular weight is 283 g/mol. The molecular formula is C11H13N3O6. The number of aliphatic hydroxyl groups excluding tert-OH is 2. The van der Waals surface area contributed by atoms with Crippen LogP contribution in [-0.2, 0) is 4.74 Å². The highest BCUT2D eigenvalue weighted by Gasteiger charge is 2.49. The van der Waals surface area contributed by atoms with E-state index < -0.39 is 35.8 Å². The lowest BCUT2D eigenvalue weighted by molar-refractivity contribution is -0.0926. The van der Waals surface area contributed by atoms with Gasteiger partial charge < -0.3 is 19.7 Å². The van der Waals surface area contributed by atoms with E-state index in [1.807, 2.05) is 4.98 Å². The summed E-state index contributed by atoms with van der Waals surface area (Å²) in [5.41, 5.74) is -3.24. The van der Waals surface area contributed by atoms with Crippen molar-refractivity contribution in [3.63, 3.8) is 0 Å². The Morgan fingerprint density at radius 1 is 1.70 bits per heavy atom. The van der Waals surface area contributed by atoms with Gasteiger partial charge in [0.2, 0.25) is 11.4 Å². The first-order chi connectivity index (χ1) is 9.47. The smallest absolute Gasteiger partial charge is 0.330 e. The first kappa shape index (κ1) is 14.3. The first-order valence-corrected chi connectivity index (χ1v) is 5.75. The summed E-state index contributed by atoms with van der Waals surface area (Å²) in [5.74, 6) is -0.110. The number of aliphatic hydroxyl groups is 2. The van der Waals surface area contributed by atoms with Crippen LogP contribution < -0.4 is 16.0 Å². The Bertz CT molecular complexity index is 659. The molecule has 3 atom stereocenters. The minimum atomic E-state index is -1.78. The first-order valence-electron chi connectivity index (χ1n) is 5.75. The molecule has 1 aromatic heterocycles. The molecule has 0 aliphatic carbocycles. The summed E-state index contributed by atoms with van der Waals surface area (Å²) in [5, 5.41) is 28.0. The van der Waals surface area contributed by atoms with Gasteiger partial charge in [-0.05, 0) is 0 Å². The zero-order valence-electron chi connectivity index (χ0n) is 10.6. The second kappa shape index (κ2) is 5.09. The van der Waals surface area contributed by atoms with Crippen molar-refractivity contribution in [3.05, 3.63) is 27.0 Å². The largest absolute Gasteiger partial charge is 0.490 e. The SMILES string of the molecule is COc1cn([C@H]2C[C@H](O)[C@@](C#N)(CO)O2)c(=O)[nH]c1=O. The van der Waals surface area contributed by atoms with Crippen molar-refractivity contribution in [2.75, 3.05) is 13.7 Å². The second-order valence-corrected chi connectivity index (χ2v) is 4.35. The third-order valence-electron chi connectivity index (χ3n) is 3.20. The number of methoxy groups -OCH3 is 1. The predicted molar refractivity (Wildman–Crippen MR) is 64.1 cm³/mol. The molecule has 0 saturated carbocycles. The monoisotopic (exact) mass is 283 g/mol. The topological polar surface area (TPSA) is 138 Å². The Hall–Kier alpha value is -2.15. The Labute approximate surface area is 112 Å². The zero-order valence-corrected chi connectivity index (χ0v) is 10.6. The van der Waals surface area contributed by atoms with Gasteiger partial charge in [-0.25, -0.2) is 4.79 Å². The molecule has 0 amide bonds. The van der Waals surface area contributed by atoms with E-state index in [0.29, 0.717) is 0 Å². The third kappa shape index (κ3) is 2.09. The molecule has 1 fully saturated rings. The van der Waals surface area contributed by atoms with Crippen molar-refractivity contribution in [1.82, 2.24) is 9.55 Å². The van der Waals surface area contributed by atoms with Gasteiger partial charge in [-0.2, -0.15) is 5.26 Å². The number of nitrogens with one attached hydrogen (secondary N) is 1. The molecule has 3 N–H and O–H groups in total. The van der Waals surface area contributed by atoms with Crippen LogP contribution in [0.4, 0.5) is 0 Å². The van der Waals surface area contributed by atoms with Crippen molar-refractivity contribution in [1.29, 1.82) is 5.26 Å². The second-order valence-electron chi connectivity index (χ2n) is 4.35. The van der Waals surface area contributed by atoms with Crippen LogP contribution in [0, 0.1) is 11.3 Å². The van der Waals surface area contributed by atoms with Crippen LogP contribution >= 0.6 is 0 Å². The van der Waals surface area contributed by atoms with Crippen LogP contribution in [0.2, 0.25) is 0 Å². The molecule has 1 aliphatic heterocycles. The van der Waals surface area contributed by atoms with Gasteiger partial charge in [-0.3, -0.25) is 14.3 Å². The molecule has 108 valence electrons.